The number of thioether (sulfide) groups is 1. The number of rotatable bonds is 3. The maximum atomic E-state index is 5.82. The zero-order valence-corrected chi connectivity index (χ0v) is 11.5. The van der Waals surface area contributed by atoms with Crippen LogP contribution in [0.2, 0.25) is 5.15 Å². The summed E-state index contributed by atoms with van der Waals surface area (Å²) in [6.45, 7) is 0. The van der Waals surface area contributed by atoms with Crippen LogP contribution in [-0.4, -0.2) is 4.98 Å². The first-order chi connectivity index (χ1) is 7.74. The molecule has 0 saturated heterocycles. The lowest BCUT2D eigenvalue weighted by atomic mass is 10.4. The molecule has 0 unspecified atom stereocenters. The Kier molecular flexibility index (Phi) is 4.27. The lowest BCUT2D eigenvalue weighted by Gasteiger charge is -2.02. The lowest BCUT2D eigenvalue weighted by Crippen LogP contribution is -1.86. The van der Waals surface area contributed by atoms with E-state index in [0.29, 0.717) is 5.15 Å². The van der Waals surface area contributed by atoms with Crippen molar-refractivity contribution in [2.75, 3.05) is 0 Å². The van der Waals surface area contributed by atoms with Crippen LogP contribution in [0.25, 0.3) is 0 Å². The summed E-state index contributed by atoms with van der Waals surface area (Å²) in [5.41, 5.74) is 0.998. The van der Waals surface area contributed by atoms with E-state index in [0.717, 1.165) is 15.9 Å². The van der Waals surface area contributed by atoms with Gasteiger partial charge in [-0.1, -0.05) is 39.7 Å². The van der Waals surface area contributed by atoms with Gasteiger partial charge in [0.2, 0.25) is 0 Å². The van der Waals surface area contributed by atoms with E-state index < -0.39 is 0 Å². The van der Waals surface area contributed by atoms with Gasteiger partial charge in [0.05, 0.1) is 5.69 Å². The summed E-state index contributed by atoms with van der Waals surface area (Å²) in [5, 5.41) is 0.548. The summed E-state index contributed by atoms with van der Waals surface area (Å²) in [7, 11) is 0. The predicted octanol–water partition coefficient (Wildman–Crippen LogP) is 4.79. The molecule has 4 heteroatoms. The maximum Gasteiger partial charge on any atom is 0.129 e. The molecule has 1 heterocycles. The van der Waals surface area contributed by atoms with E-state index in [9.17, 15) is 0 Å². The van der Waals surface area contributed by atoms with Crippen LogP contribution in [0.4, 0.5) is 0 Å². The average Bonchev–Trinajstić information content (AvgIpc) is 2.27. The van der Waals surface area contributed by atoms with Gasteiger partial charge in [0.1, 0.15) is 5.15 Å². The fourth-order valence-corrected chi connectivity index (χ4v) is 2.84. The molecule has 0 radical (unpaired) electrons. The largest absolute Gasteiger partial charge is 0.240 e. The van der Waals surface area contributed by atoms with Crippen molar-refractivity contribution in [3.63, 3.8) is 0 Å². The third-order valence-electron chi connectivity index (χ3n) is 1.96. The topological polar surface area (TPSA) is 12.9 Å². The monoisotopic (exact) mass is 313 g/mol. The molecule has 0 aliphatic rings. The molecule has 0 amide bonds. The molecule has 2 rings (SSSR count). The molecular formula is C12H9BrClNS. The van der Waals surface area contributed by atoms with E-state index >= 15 is 0 Å². The number of pyridine rings is 1. The van der Waals surface area contributed by atoms with E-state index in [4.69, 9.17) is 11.6 Å². The number of halogens is 2. The maximum absolute atomic E-state index is 5.82. The highest BCUT2D eigenvalue weighted by Crippen LogP contribution is 2.25. The van der Waals surface area contributed by atoms with E-state index in [1.807, 2.05) is 24.3 Å². The van der Waals surface area contributed by atoms with Crippen LogP contribution in [-0.2, 0) is 5.75 Å². The summed E-state index contributed by atoms with van der Waals surface area (Å²) < 4.78 is 1.09. The second kappa shape index (κ2) is 5.71. The summed E-state index contributed by atoms with van der Waals surface area (Å²) in [5.74, 6) is 0.830. The molecule has 0 atom stereocenters. The Bertz CT molecular complexity index is 444. The van der Waals surface area contributed by atoms with Gasteiger partial charge in [-0.25, -0.2) is 4.98 Å². The van der Waals surface area contributed by atoms with Gasteiger partial charge in [-0.2, -0.15) is 0 Å². The molecule has 0 saturated carbocycles. The molecule has 82 valence electrons. The van der Waals surface area contributed by atoms with Crippen molar-refractivity contribution in [3.05, 3.63) is 57.8 Å². The highest BCUT2D eigenvalue weighted by atomic mass is 79.9. The Labute approximate surface area is 112 Å². The van der Waals surface area contributed by atoms with Gasteiger partial charge in [0.25, 0.3) is 0 Å². The quantitative estimate of drug-likeness (QED) is 0.597. The average molecular weight is 315 g/mol. The van der Waals surface area contributed by atoms with Crippen LogP contribution < -0.4 is 0 Å². The summed E-state index contributed by atoms with van der Waals surface area (Å²) in [4.78, 5) is 5.46. The van der Waals surface area contributed by atoms with Crippen molar-refractivity contribution in [3.8, 4) is 0 Å². The standard InChI is InChI=1S/C12H9BrClNS/c13-9-3-1-5-11(7-9)16-8-10-4-2-6-12(14)15-10/h1-7H,8H2. The third-order valence-corrected chi connectivity index (χ3v) is 3.69. The van der Waals surface area contributed by atoms with Gasteiger partial charge < -0.3 is 0 Å². The second-order valence-electron chi connectivity index (χ2n) is 3.20. The van der Waals surface area contributed by atoms with Crippen molar-refractivity contribution in [2.24, 2.45) is 0 Å². The molecule has 0 aliphatic heterocycles. The van der Waals surface area contributed by atoms with Crippen LogP contribution in [0.5, 0.6) is 0 Å². The fourth-order valence-electron chi connectivity index (χ4n) is 1.24. The molecule has 0 bridgehead atoms. The fraction of sp³-hybridized carbons (Fsp3) is 0.0833. The smallest absolute Gasteiger partial charge is 0.129 e. The lowest BCUT2D eigenvalue weighted by molar-refractivity contribution is 1.17. The molecule has 0 N–H and O–H groups in total. The Morgan fingerprint density at radius 1 is 1.19 bits per heavy atom. The molecule has 1 aromatic heterocycles. The van der Waals surface area contributed by atoms with Crippen LogP contribution in [0.15, 0.2) is 51.8 Å². The Morgan fingerprint density at radius 3 is 2.75 bits per heavy atom. The van der Waals surface area contributed by atoms with E-state index in [1.54, 1.807) is 17.8 Å². The molecule has 0 aliphatic carbocycles. The Hall–Kier alpha value is -0.510. The number of hydrogen-bond acceptors (Lipinski definition) is 2. The summed E-state index contributed by atoms with van der Waals surface area (Å²) in [6, 6.07) is 13.9. The van der Waals surface area contributed by atoms with Crippen LogP contribution in [0.3, 0.4) is 0 Å². The summed E-state index contributed by atoms with van der Waals surface area (Å²) in [6.07, 6.45) is 0. The van der Waals surface area contributed by atoms with Crippen molar-refractivity contribution in [1.29, 1.82) is 0 Å². The third kappa shape index (κ3) is 3.51. The molecule has 0 spiro atoms. The minimum atomic E-state index is 0.548. The molecule has 1 nitrogen and oxygen atoms in total. The minimum Gasteiger partial charge on any atom is -0.240 e. The first-order valence-corrected chi connectivity index (χ1v) is 6.89. The SMILES string of the molecule is Clc1cccc(CSc2cccc(Br)c2)n1. The van der Waals surface area contributed by atoms with Gasteiger partial charge in [-0.3, -0.25) is 0 Å². The Balaban J connectivity index is 2.02. The zero-order chi connectivity index (χ0) is 11.4. The zero-order valence-electron chi connectivity index (χ0n) is 8.36. The first-order valence-electron chi connectivity index (χ1n) is 4.74. The van der Waals surface area contributed by atoms with Gasteiger partial charge in [-0.15, -0.1) is 11.8 Å². The van der Waals surface area contributed by atoms with Crippen molar-refractivity contribution < 1.29 is 0 Å². The van der Waals surface area contributed by atoms with Crippen molar-refractivity contribution in [2.45, 2.75) is 10.6 Å². The highest BCUT2D eigenvalue weighted by Gasteiger charge is 1.99. The molecular weight excluding hydrogens is 306 g/mol. The van der Waals surface area contributed by atoms with Crippen LogP contribution >= 0.6 is 39.3 Å². The Morgan fingerprint density at radius 2 is 2.00 bits per heavy atom. The second-order valence-corrected chi connectivity index (χ2v) is 5.55. The predicted molar refractivity (Wildman–Crippen MR) is 73.0 cm³/mol. The number of benzene rings is 1. The highest BCUT2D eigenvalue weighted by molar-refractivity contribution is 9.10. The van der Waals surface area contributed by atoms with Crippen LogP contribution in [0, 0.1) is 0 Å². The van der Waals surface area contributed by atoms with Gasteiger partial charge in [-0.05, 0) is 30.3 Å². The van der Waals surface area contributed by atoms with Gasteiger partial charge in [0, 0.05) is 15.1 Å². The van der Waals surface area contributed by atoms with E-state index in [2.05, 4.69) is 33.0 Å². The number of nitrogens with zero attached hydrogens (tertiary/aromatic N) is 1. The van der Waals surface area contributed by atoms with Gasteiger partial charge in [0.15, 0.2) is 0 Å². The summed E-state index contributed by atoms with van der Waals surface area (Å²) >= 11 is 11.0. The van der Waals surface area contributed by atoms with Gasteiger partial charge >= 0.3 is 0 Å². The number of hydrogen-bond donors (Lipinski definition) is 0. The van der Waals surface area contributed by atoms with Crippen LogP contribution in [0.1, 0.15) is 5.69 Å². The minimum absolute atomic E-state index is 0.548. The molecule has 0 fully saturated rings. The normalized spacial score (nSPS) is 10.4. The molecule has 16 heavy (non-hydrogen) atoms. The molecule has 2 aromatic rings. The van der Waals surface area contributed by atoms with Crippen molar-refractivity contribution >= 4 is 39.3 Å². The molecule has 1 aromatic carbocycles. The van der Waals surface area contributed by atoms with E-state index in [1.165, 1.54) is 4.90 Å². The first kappa shape index (κ1) is 12.0. The van der Waals surface area contributed by atoms with E-state index in [-0.39, 0.29) is 0 Å². The van der Waals surface area contributed by atoms with Crippen molar-refractivity contribution in [1.82, 2.24) is 4.98 Å². The number of aromatic nitrogens is 1.